The van der Waals surface area contributed by atoms with Gasteiger partial charge < -0.3 is 10.1 Å². The number of likely N-dealkylation sites (tertiary alicyclic amines) is 1. The first-order valence-electron chi connectivity index (χ1n) is 10.1. The number of thiocarbonyl (C=S) groups is 1. The zero-order valence-electron chi connectivity index (χ0n) is 16.9. The van der Waals surface area contributed by atoms with Crippen LogP contribution in [0.25, 0.3) is 0 Å². The second kappa shape index (κ2) is 10.9. The average molecular weight is 412 g/mol. The molecular formula is C23H29N3O2S. The molecule has 0 saturated carbocycles. The van der Waals surface area contributed by atoms with E-state index in [1.165, 1.54) is 18.4 Å². The van der Waals surface area contributed by atoms with Crippen LogP contribution >= 0.6 is 12.2 Å². The van der Waals surface area contributed by atoms with Crippen molar-refractivity contribution in [3.05, 3.63) is 65.7 Å². The van der Waals surface area contributed by atoms with Crippen molar-refractivity contribution < 1.29 is 9.53 Å². The molecule has 0 atom stereocenters. The summed E-state index contributed by atoms with van der Waals surface area (Å²) in [5.41, 5.74) is 1.91. The van der Waals surface area contributed by atoms with Crippen LogP contribution in [0.5, 0.6) is 5.75 Å². The Balaban J connectivity index is 1.33. The second-order valence-electron chi connectivity index (χ2n) is 7.44. The Morgan fingerprint density at radius 3 is 2.62 bits per heavy atom. The normalized spacial score (nSPS) is 14.9. The first kappa shape index (κ1) is 21.3. The standard InChI is InChI=1S/C23H29N3O2S/c1-28-21-9-5-8-20(16-21)22(27)25-23(29)24-13-10-18-11-14-26(15-12-18)17-19-6-3-2-4-7-19/h2-9,16,18H,10-15,17H2,1H3,(H2,24,25,27,29). The van der Waals surface area contributed by atoms with Gasteiger partial charge in [-0.1, -0.05) is 36.4 Å². The van der Waals surface area contributed by atoms with E-state index in [4.69, 9.17) is 17.0 Å². The summed E-state index contributed by atoms with van der Waals surface area (Å²) in [5.74, 6) is 1.12. The van der Waals surface area contributed by atoms with Crippen molar-refractivity contribution in [3.63, 3.8) is 0 Å². The van der Waals surface area contributed by atoms with Crippen LogP contribution in [0.4, 0.5) is 0 Å². The summed E-state index contributed by atoms with van der Waals surface area (Å²) in [5, 5.41) is 6.28. The van der Waals surface area contributed by atoms with E-state index < -0.39 is 0 Å². The molecule has 0 radical (unpaired) electrons. The van der Waals surface area contributed by atoms with Gasteiger partial charge in [-0.05, 0) is 74.3 Å². The summed E-state index contributed by atoms with van der Waals surface area (Å²) in [6.45, 7) is 4.08. The fourth-order valence-electron chi connectivity index (χ4n) is 3.65. The van der Waals surface area contributed by atoms with E-state index in [0.717, 1.165) is 32.6 Å². The molecule has 0 bridgehead atoms. The van der Waals surface area contributed by atoms with Gasteiger partial charge in [-0.25, -0.2) is 0 Å². The molecule has 2 N–H and O–H groups in total. The molecule has 2 aromatic carbocycles. The lowest BCUT2D eigenvalue weighted by atomic mass is 9.93. The number of carbonyl (C=O) groups excluding carboxylic acids is 1. The number of rotatable bonds is 7. The SMILES string of the molecule is COc1cccc(C(=O)NC(=S)NCCC2CCN(Cc3ccccc3)CC2)c1. The van der Waals surface area contributed by atoms with E-state index >= 15 is 0 Å². The molecule has 1 aliphatic rings. The first-order valence-corrected chi connectivity index (χ1v) is 10.5. The maximum Gasteiger partial charge on any atom is 0.257 e. The molecule has 1 saturated heterocycles. The largest absolute Gasteiger partial charge is 0.497 e. The van der Waals surface area contributed by atoms with E-state index in [1.54, 1.807) is 31.4 Å². The molecule has 0 unspecified atom stereocenters. The zero-order chi connectivity index (χ0) is 20.5. The van der Waals surface area contributed by atoms with Gasteiger partial charge in [-0.3, -0.25) is 15.0 Å². The lowest BCUT2D eigenvalue weighted by Crippen LogP contribution is -2.40. The molecule has 1 amide bonds. The van der Waals surface area contributed by atoms with Gasteiger partial charge in [0.25, 0.3) is 5.91 Å². The monoisotopic (exact) mass is 411 g/mol. The third-order valence-corrected chi connectivity index (χ3v) is 5.60. The number of hydrogen-bond acceptors (Lipinski definition) is 4. The van der Waals surface area contributed by atoms with Gasteiger partial charge in [0.1, 0.15) is 5.75 Å². The third-order valence-electron chi connectivity index (χ3n) is 5.35. The van der Waals surface area contributed by atoms with Gasteiger partial charge in [-0.15, -0.1) is 0 Å². The number of nitrogens with zero attached hydrogens (tertiary/aromatic N) is 1. The van der Waals surface area contributed by atoms with Crippen molar-refractivity contribution in [2.45, 2.75) is 25.8 Å². The van der Waals surface area contributed by atoms with Crippen LogP contribution in [0.1, 0.15) is 35.2 Å². The van der Waals surface area contributed by atoms with Crippen molar-refractivity contribution in [1.82, 2.24) is 15.5 Å². The number of amides is 1. The van der Waals surface area contributed by atoms with Crippen LogP contribution in [0.2, 0.25) is 0 Å². The second-order valence-corrected chi connectivity index (χ2v) is 7.84. The molecule has 2 aromatic rings. The quantitative estimate of drug-likeness (QED) is 0.682. The summed E-state index contributed by atoms with van der Waals surface area (Å²) in [4.78, 5) is 14.8. The summed E-state index contributed by atoms with van der Waals surface area (Å²) in [6.07, 6.45) is 3.48. The average Bonchev–Trinajstić information content (AvgIpc) is 2.75. The van der Waals surface area contributed by atoms with E-state index in [2.05, 4.69) is 45.9 Å². The Morgan fingerprint density at radius 1 is 1.14 bits per heavy atom. The van der Waals surface area contributed by atoms with E-state index in [-0.39, 0.29) is 5.91 Å². The fourth-order valence-corrected chi connectivity index (χ4v) is 3.84. The number of hydrogen-bond donors (Lipinski definition) is 2. The molecule has 5 nitrogen and oxygen atoms in total. The van der Waals surface area contributed by atoms with Crippen LogP contribution in [-0.2, 0) is 6.54 Å². The Labute approximate surface area is 178 Å². The Kier molecular flexibility index (Phi) is 8.02. The summed E-state index contributed by atoms with van der Waals surface area (Å²) >= 11 is 5.27. The smallest absolute Gasteiger partial charge is 0.257 e. The molecule has 3 rings (SSSR count). The van der Waals surface area contributed by atoms with Gasteiger partial charge in [0.2, 0.25) is 0 Å². The topological polar surface area (TPSA) is 53.6 Å². The van der Waals surface area contributed by atoms with Gasteiger partial charge in [0, 0.05) is 18.7 Å². The van der Waals surface area contributed by atoms with Crippen molar-refractivity contribution >= 4 is 23.2 Å². The maximum atomic E-state index is 12.3. The number of piperidine rings is 1. The van der Waals surface area contributed by atoms with Crippen LogP contribution in [-0.4, -0.2) is 42.7 Å². The number of methoxy groups -OCH3 is 1. The van der Waals surface area contributed by atoms with Crippen molar-refractivity contribution in [2.24, 2.45) is 5.92 Å². The van der Waals surface area contributed by atoms with Gasteiger partial charge in [0.15, 0.2) is 5.11 Å². The lowest BCUT2D eigenvalue weighted by Gasteiger charge is -2.32. The third kappa shape index (κ3) is 6.84. The highest BCUT2D eigenvalue weighted by molar-refractivity contribution is 7.80. The highest BCUT2D eigenvalue weighted by atomic mass is 32.1. The predicted octanol–water partition coefficient (Wildman–Crippen LogP) is 3.60. The van der Waals surface area contributed by atoms with Gasteiger partial charge in [0.05, 0.1) is 7.11 Å². The maximum absolute atomic E-state index is 12.3. The van der Waals surface area contributed by atoms with Crippen molar-refractivity contribution in [1.29, 1.82) is 0 Å². The zero-order valence-corrected chi connectivity index (χ0v) is 17.7. The molecule has 1 heterocycles. The number of ether oxygens (including phenoxy) is 1. The molecule has 0 spiro atoms. The van der Waals surface area contributed by atoms with E-state index in [9.17, 15) is 4.79 Å². The van der Waals surface area contributed by atoms with Gasteiger partial charge >= 0.3 is 0 Å². The summed E-state index contributed by atoms with van der Waals surface area (Å²) in [6, 6.07) is 17.7. The summed E-state index contributed by atoms with van der Waals surface area (Å²) in [7, 11) is 1.58. The molecular weight excluding hydrogens is 382 g/mol. The molecule has 154 valence electrons. The Bertz CT molecular complexity index is 805. The number of benzene rings is 2. The van der Waals surface area contributed by atoms with E-state index in [0.29, 0.717) is 22.3 Å². The summed E-state index contributed by atoms with van der Waals surface area (Å²) < 4.78 is 5.15. The van der Waals surface area contributed by atoms with Gasteiger partial charge in [-0.2, -0.15) is 0 Å². The van der Waals surface area contributed by atoms with E-state index in [1.807, 2.05) is 0 Å². The predicted molar refractivity (Wildman–Crippen MR) is 120 cm³/mol. The Morgan fingerprint density at radius 2 is 1.90 bits per heavy atom. The molecule has 1 fully saturated rings. The number of nitrogens with one attached hydrogen (secondary N) is 2. The van der Waals surface area contributed by atoms with Crippen LogP contribution in [0.3, 0.4) is 0 Å². The minimum Gasteiger partial charge on any atom is -0.497 e. The highest BCUT2D eigenvalue weighted by Crippen LogP contribution is 2.21. The Hall–Kier alpha value is -2.44. The van der Waals surface area contributed by atoms with Crippen molar-refractivity contribution in [2.75, 3.05) is 26.7 Å². The molecule has 0 aliphatic carbocycles. The first-order chi connectivity index (χ1) is 14.1. The minimum atomic E-state index is -0.226. The molecule has 29 heavy (non-hydrogen) atoms. The number of carbonyl (C=O) groups is 1. The molecule has 1 aliphatic heterocycles. The van der Waals surface area contributed by atoms with Crippen molar-refractivity contribution in [3.8, 4) is 5.75 Å². The lowest BCUT2D eigenvalue weighted by molar-refractivity contribution is 0.0976. The highest BCUT2D eigenvalue weighted by Gasteiger charge is 2.19. The molecule has 0 aromatic heterocycles. The fraction of sp³-hybridized carbons (Fsp3) is 0.391. The van der Waals surface area contributed by atoms with Crippen LogP contribution < -0.4 is 15.4 Å². The van der Waals surface area contributed by atoms with Crippen LogP contribution in [0, 0.1) is 5.92 Å². The minimum absolute atomic E-state index is 0.226. The molecule has 6 heteroatoms. The van der Waals surface area contributed by atoms with Crippen LogP contribution in [0.15, 0.2) is 54.6 Å².